The number of phenolic OH excluding ortho intramolecular Hbond substituents is 2. The van der Waals surface area contributed by atoms with Crippen molar-refractivity contribution >= 4 is 23.2 Å². The third-order valence-electron chi connectivity index (χ3n) is 2.40. The highest BCUT2D eigenvalue weighted by atomic mass is 35.5. The van der Waals surface area contributed by atoms with Crippen LogP contribution in [0, 0.1) is 5.82 Å². The molecule has 3 N–H and O–H groups in total. The summed E-state index contributed by atoms with van der Waals surface area (Å²) in [4.78, 5) is 11.9. The van der Waals surface area contributed by atoms with Gasteiger partial charge in [-0.15, -0.1) is 0 Å². The van der Waals surface area contributed by atoms with Crippen LogP contribution >= 0.6 is 11.6 Å². The van der Waals surface area contributed by atoms with Gasteiger partial charge in [0.1, 0.15) is 17.3 Å². The van der Waals surface area contributed by atoms with Gasteiger partial charge in [-0.3, -0.25) is 4.79 Å². The number of hydrogen-bond acceptors (Lipinski definition) is 3. The van der Waals surface area contributed by atoms with Crippen molar-refractivity contribution in [3.05, 3.63) is 52.8 Å². The maximum absolute atomic E-state index is 13.4. The Labute approximate surface area is 113 Å². The molecule has 98 valence electrons. The molecule has 19 heavy (non-hydrogen) atoms. The zero-order chi connectivity index (χ0) is 14.0. The van der Waals surface area contributed by atoms with Crippen LogP contribution in [0.4, 0.5) is 10.1 Å². The van der Waals surface area contributed by atoms with E-state index in [1.165, 1.54) is 24.3 Å². The van der Waals surface area contributed by atoms with Crippen molar-refractivity contribution in [3.63, 3.8) is 0 Å². The second kappa shape index (κ2) is 5.16. The fourth-order valence-electron chi connectivity index (χ4n) is 1.49. The quantitative estimate of drug-likeness (QED) is 0.741. The Morgan fingerprint density at radius 2 is 1.89 bits per heavy atom. The number of halogens is 2. The van der Waals surface area contributed by atoms with Crippen molar-refractivity contribution in [1.29, 1.82) is 0 Å². The third kappa shape index (κ3) is 2.95. The van der Waals surface area contributed by atoms with Crippen LogP contribution in [0.1, 0.15) is 10.4 Å². The molecule has 2 aromatic carbocycles. The molecule has 0 aromatic heterocycles. The van der Waals surface area contributed by atoms with E-state index in [1.807, 2.05) is 0 Å². The Balaban J connectivity index is 2.30. The highest BCUT2D eigenvalue weighted by molar-refractivity contribution is 6.31. The van der Waals surface area contributed by atoms with E-state index in [2.05, 4.69) is 5.32 Å². The van der Waals surface area contributed by atoms with E-state index >= 15 is 0 Å². The van der Waals surface area contributed by atoms with Crippen LogP contribution in [0.25, 0.3) is 0 Å². The minimum Gasteiger partial charge on any atom is -0.508 e. The SMILES string of the molecule is O=C(Nc1cc(Cl)ccc1F)c1cc(O)ccc1O. The summed E-state index contributed by atoms with van der Waals surface area (Å²) in [5.74, 6) is -1.92. The van der Waals surface area contributed by atoms with Crippen LogP contribution in [0.5, 0.6) is 11.5 Å². The molecule has 0 aliphatic rings. The van der Waals surface area contributed by atoms with Gasteiger partial charge in [0.05, 0.1) is 11.3 Å². The molecular formula is C13H9ClFNO3. The summed E-state index contributed by atoms with van der Waals surface area (Å²) >= 11 is 5.70. The Kier molecular flexibility index (Phi) is 3.57. The zero-order valence-corrected chi connectivity index (χ0v) is 10.3. The summed E-state index contributed by atoms with van der Waals surface area (Å²) in [6, 6.07) is 7.17. The van der Waals surface area contributed by atoms with E-state index < -0.39 is 11.7 Å². The molecule has 2 rings (SSSR count). The molecule has 2 aromatic rings. The Bertz CT molecular complexity index is 646. The molecule has 0 unspecified atom stereocenters. The molecule has 0 aliphatic heterocycles. The summed E-state index contributed by atoms with van der Waals surface area (Å²) in [5, 5.41) is 21.3. The number of hydrogen-bond donors (Lipinski definition) is 3. The van der Waals surface area contributed by atoms with Gasteiger partial charge < -0.3 is 15.5 Å². The predicted molar refractivity (Wildman–Crippen MR) is 69.1 cm³/mol. The molecule has 0 heterocycles. The van der Waals surface area contributed by atoms with E-state index in [0.717, 1.165) is 12.1 Å². The second-order valence-corrected chi connectivity index (χ2v) is 4.22. The van der Waals surface area contributed by atoms with Crippen LogP contribution in [0.2, 0.25) is 5.02 Å². The normalized spacial score (nSPS) is 10.2. The first-order chi connectivity index (χ1) is 8.97. The fourth-order valence-corrected chi connectivity index (χ4v) is 1.66. The lowest BCUT2D eigenvalue weighted by Crippen LogP contribution is -2.13. The first kappa shape index (κ1) is 13.2. The second-order valence-electron chi connectivity index (χ2n) is 3.78. The fraction of sp³-hybridized carbons (Fsp3) is 0. The van der Waals surface area contributed by atoms with Gasteiger partial charge in [0.25, 0.3) is 5.91 Å². The van der Waals surface area contributed by atoms with Crippen molar-refractivity contribution in [2.24, 2.45) is 0 Å². The van der Waals surface area contributed by atoms with Crippen molar-refractivity contribution < 1.29 is 19.4 Å². The average molecular weight is 282 g/mol. The van der Waals surface area contributed by atoms with Gasteiger partial charge in [0.15, 0.2) is 0 Å². The molecule has 0 bridgehead atoms. The monoisotopic (exact) mass is 281 g/mol. The summed E-state index contributed by atoms with van der Waals surface area (Å²) < 4.78 is 13.4. The third-order valence-corrected chi connectivity index (χ3v) is 2.64. The Hall–Kier alpha value is -2.27. The summed E-state index contributed by atoms with van der Waals surface area (Å²) in [5.41, 5.74) is -0.278. The lowest BCUT2D eigenvalue weighted by molar-refractivity contribution is 0.102. The van der Waals surface area contributed by atoms with Crippen molar-refractivity contribution in [2.45, 2.75) is 0 Å². The number of nitrogens with one attached hydrogen (secondary N) is 1. The maximum Gasteiger partial charge on any atom is 0.259 e. The van der Waals surface area contributed by atoms with Crippen molar-refractivity contribution in [1.82, 2.24) is 0 Å². The van der Waals surface area contributed by atoms with Gasteiger partial charge in [-0.1, -0.05) is 11.6 Å². The number of rotatable bonds is 2. The van der Waals surface area contributed by atoms with E-state index in [0.29, 0.717) is 0 Å². The summed E-state index contributed by atoms with van der Waals surface area (Å²) in [6.45, 7) is 0. The highest BCUT2D eigenvalue weighted by Crippen LogP contribution is 2.25. The molecule has 1 amide bonds. The van der Waals surface area contributed by atoms with Crippen molar-refractivity contribution in [2.75, 3.05) is 5.32 Å². The lowest BCUT2D eigenvalue weighted by Gasteiger charge is -2.08. The molecule has 0 fully saturated rings. The van der Waals surface area contributed by atoms with E-state index in [1.54, 1.807) is 0 Å². The molecule has 6 heteroatoms. The van der Waals surface area contributed by atoms with Gasteiger partial charge in [0, 0.05) is 5.02 Å². The van der Waals surface area contributed by atoms with Crippen molar-refractivity contribution in [3.8, 4) is 11.5 Å². The van der Waals surface area contributed by atoms with Gasteiger partial charge in [-0.25, -0.2) is 4.39 Å². The molecule has 0 atom stereocenters. The number of carbonyl (C=O) groups excluding carboxylic acids is 1. The number of aromatic hydroxyl groups is 2. The first-order valence-electron chi connectivity index (χ1n) is 5.26. The van der Waals surface area contributed by atoms with Gasteiger partial charge in [0.2, 0.25) is 0 Å². The number of phenols is 2. The first-order valence-corrected chi connectivity index (χ1v) is 5.63. The largest absolute Gasteiger partial charge is 0.508 e. The molecule has 0 radical (unpaired) electrons. The topological polar surface area (TPSA) is 69.6 Å². The summed E-state index contributed by atoms with van der Waals surface area (Å²) in [7, 11) is 0. The number of amides is 1. The van der Waals surface area contributed by atoms with Gasteiger partial charge >= 0.3 is 0 Å². The Morgan fingerprint density at radius 3 is 2.63 bits per heavy atom. The molecule has 0 spiro atoms. The van der Waals surface area contributed by atoms with E-state index in [4.69, 9.17) is 11.6 Å². The highest BCUT2D eigenvalue weighted by Gasteiger charge is 2.14. The van der Waals surface area contributed by atoms with Crippen LogP contribution in [-0.4, -0.2) is 16.1 Å². The maximum atomic E-state index is 13.4. The predicted octanol–water partition coefficient (Wildman–Crippen LogP) is 3.14. The van der Waals surface area contributed by atoms with Crippen LogP contribution in [-0.2, 0) is 0 Å². The number of carbonyl (C=O) groups is 1. The smallest absolute Gasteiger partial charge is 0.259 e. The van der Waals surface area contributed by atoms with E-state index in [9.17, 15) is 19.4 Å². The van der Waals surface area contributed by atoms with E-state index in [-0.39, 0.29) is 27.8 Å². The number of anilines is 1. The molecule has 0 saturated heterocycles. The van der Waals surface area contributed by atoms with Gasteiger partial charge in [-0.2, -0.15) is 0 Å². The minimum absolute atomic E-state index is 0.111. The lowest BCUT2D eigenvalue weighted by atomic mass is 10.1. The van der Waals surface area contributed by atoms with Crippen LogP contribution < -0.4 is 5.32 Å². The minimum atomic E-state index is -0.755. The van der Waals surface area contributed by atoms with Gasteiger partial charge in [-0.05, 0) is 36.4 Å². The molecular weight excluding hydrogens is 273 g/mol. The molecule has 4 nitrogen and oxygen atoms in total. The van der Waals surface area contributed by atoms with Crippen LogP contribution in [0.15, 0.2) is 36.4 Å². The Morgan fingerprint density at radius 1 is 1.16 bits per heavy atom. The standard InChI is InChI=1S/C13H9ClFNO3/c14-7-1-3-10(15)11(5-7)16-13(19)9-6-8(17)2-4-12(9)18/h1-6,17-18H,(H,16,19). The average Bonchev–Trinajstić information content (AvgIpc) is 2.36. The number of benzene rings is 2. The zero-order valence-electron chi connectivity index (χ0n) is 9.52. The summed E-state index contributed by atoms with van der Waals surface area (Å²) in [6.07, 6.45) is 0. The van der Waals surface area contributed by atoms with Crippen LogP contribution in [0.3, 0.4) is 0 Å². The molecule has 0 saturated carbocycles. The molecule has 0 aliphatic carbocycles.